The molecule has 31 heavy (non-hydrogen) atoms. The Bertz CT molecular complexity index is 952. The lowest BCUT2D eigenvalue weighted by Crippen LogP contribution is -2.46. The van der Waals surface area contributed by atoms with Crippen LogP contribution in [0.5, 0.6) is 5.75 Å². The van der Waals surface area contributed by atoms with Gasteiger partial charge in [0.2, 0.25) is 0 Å². The number of ether oxygens (including phenoxy) is 1. The fourth-order valence-electron chi connectivity index (χ4n) is 4.19. The Hall–Kier alpha value is -2.50. The van der Waals surface area contributed by atoms with Gasteiger partial charge in [-0.2, -0.15) is 0 Å². The van der Waals surface area contributed by atoms with Crippen LogP contribution in [0, 0.1) is 6.92 Å². The largest absolute Gasteiger partial charge is 0.488 e. The van der Waals surface area contributed by atoms with E-state index in [1.165, 1.54) is 11.3 Å². The van der Waals surface area contributed by atoms with Gasteiger partial charge in [0.1, 0.15) is 12.4 Å². The van der Waals surface area contributed by atoms with Gasteiger partial charge >= 0.3 is 0 Å². The lowest BCUT2D eigenvalue weighted by Gasteiger charge is -2.36. The Balaban J connectivity index is 1.15. The summed E-state index contributed by atoms with van der Waals surface area (Å²) in [6.45, 7) is 8.56. The molecule has 0 saturated carbocycles. The Morgan fingerprint density at radius 2 is 1.90 bits per heavy atom. The van der Waals surface area contributed by atoms with Crippen LogP contribution in [0.15, 0.2) is 48.0 Å². The molecule has 0 aliphatic carbocycles. The average molecular weight is 440 g/mol. The molecule has 2 aliphatic rings. The van der Waals surface area contributed by atoms with E-state index in [1.54, 1.807) is 6.07 Å². The van der Waals surface area contributed by atoms with Crippen LogP contribution in [-0.4, -0.2) is 56.7 Å². The number of piperazine rings is 1. The standard InChI is InChI=1S/C25H30ClN3O2/c1-19-6-2-3-7-23(19)29-14-12-28(13-15-29)11-5-4-10-27-25(30)21-16-20-17-22(26)8-9-24(20)31-18-21/h2-3,6-9,16-17H,4-5,10-15,18H2,1H3,(H,27,30). The second-order valence-electron chi connectivity index (χ2n) is 8.22. The number of unbranched alkanes of at least 4 members (excludes halogenated alkanes) is 1. The molecule has 2 aromatic carbocycles. The number of carbonyl (C=O) groups is 1. The van der Waals surface area contributed by atoms with Gasteiger partial charge in [0, 0.05) is 49.0 Å². The Morgan fingerprint density at radius 3 is 2.71 bits per heavy atom. The predicted molar refractivity (Wildman–Crippen MR) is 127 cm³/mol. The van der Waals surface area contributed by atoms with Gasteiger partial charge in [-0.3, -0.25) is 9.69 Å². The van der Waals surface area contributed by atoms with Crippen molar-refractivity contribution in [2.45, 2.75) is 19.8 Å². The van der Waals surface area contributed by atoms with Gasteiger partial charge in [-0.15, -0.1) is 0 Å². The van der Waals surface area contributed by atoms with E-state index < -0.39 is 0 Å². The molecule has 0 atom stereocenters. The van der Waals surface area contributed by atoms with E-state index >= 15 is 0 Å². The van der Waals surface area contributed by atoms with E-state index in [4.69, 9.17) is 16.3 Å². The maximum atomic E-state index is 12.4. The molecule has 0 bridgehead atoms. The number of anilines is 1. The molecule has 0 unspecified atom stereocenters. The van der Waals surface area contributed by atoms with Gasteiger partial charge < -0.3 is 15.0 Å². The molecule has 1 N–H and O–H groups in total. The van der Waals surface area contributed by atoms with E-state index in [0.717, 1.165) is 56.9 Å². The molecule has 0 spiro atoms. The second-order valence-corrected chi connectivity index (χ2v) is 8.66. The highest BCUT2D eigenvalue weighted by Gasteiger charge is 2.19. The monoisotopic (exact) mass is 439 g/mol. The first kappa shape index (κ1) is 21.7. The lowest BCUT2D eigenvalue weighted by molar-refractivity contribution is -0.117. The Morgan fingerprint density at radius 1 is 1.10 bits per heavy atom. The summed E-state index contributed by atoms with van der Waals surface area (Å²) >= 11 is 6.04. The third-order valence-corrected chi connectivity index (χ3v) is 6.23. The quantitative estimate of drug-likeness (QED) is 0.658. The van der Waals surface area contributed by atoms with Gasteiger partial charge in [0.15, 0.2) is 0 Å². The topological polar surface area (TPSA) is 44.8 Å². The first-order chi connectivity index (χ1) is 15.1. The number of amides is 1. The highest BCUT2D eigenvalue weighted by Crippen LogP contribution is 2.29. The number of para-hydroxylation sites is 1. The smallest absolute Gasteiger partial charge is 0.250 e. The maximum absolute atomic E-state index is 12.4. The molecular weight excluding hydrogens is 410 g/mol. The number of nitrogens with zero attached hydrogens (tertiary/aromatic N) is 2. The van der Waals surface area contributed by atoms with Crippen LogP contribution in [0.4, 0.5) is 5.69 Å². The first-order valence-electron chi connectivity index (χ1n) is 11.0. The molecule has 1 fully saturated rings. The zero-order valence-corrected chi connectivity index (χ0v) is 18.8. The van der Waals surface area contributed by atoms with E-state index in [0.29, 0.717) is 23.7 Å². The Kier molecular flexibility index (Phi) is 7.15. The Labute approximate surface area is 189 Å². The minimum atomic E-state index is -0.0579. The summed E-state index contributed by atoms with van der Waals surface area (Å²) in [5.41, 5.74) is 4.20. The van der Waals surface area contributed by atoms with E-state index in [-0.39, 0.29) is 5.91 Å². The summed E-state index contributed by atoms with van der Waals surface area (Å²) in [5, 5.41) is 3.66. The lowest BCUT2D eigenvalue weighted by atomic mass is 10.1. The van der Waals surface area contributed by atoms with Gasteiger partial charge in [0.05, 0.1) is 5.57 Å². The van der Waals surface area contributed by atoms with Gasteiger partial charge in [-0.25, -0.2) is 0 Å². The van der Waals surface area contributed by atoms with Crippen molar-refractivity contribution < 1.29 is 9.53 Å². The summed E-state index contributed by atoms with van der Waals surface area (Å²) in [6.07, 6.45) is 3.92. The summed E-state index contributed by atoms with van der Waals surface area (Å²) < 4.78 is 5.67. The van der Waals surface area contributed by atoms with Crippen LogP contribution >= 0.6 is 11.6 Å². The van der Waals surface area contributed by atoms with Crippen molar-refractivity contribution in [3.05, 3.63) is 64.2 Å². The second kappa shape index (κ2) is 10.2. The average Bonchev–Trinajstić information content (AvgIpc) is 2.79. The van der Waals surface area contributed by atoms with Crippen molar-refractivity contribution in [3.8, 4) is 5.75 Å². The summed E-state index contributed by atoms with van der Waals surface area (Å²) in [6, 6.07) is 14.1. The highest BCUT2D eigenvalue weighted by molar-refractivity contribution is 6.30. The van der Waals surface area contributed by atoms with Gasteiger partial charge in [0.25, 0.3) is 5.91 Å². The van der Waals surface area contributed by atoms with Crippen LogP contribution in [0.2, 0.25) is 5.02 Å². The molecule has 4 rings (SSSR count). The number of aryl methyl sites for hydroxylation is 1. The molecule has 1 amide bonds. The zero-order chi connectivity index (χ0) is 21.6. The maximum Gasteiger partial charge on any atom is 0.250 e. The minimum absolute atomic E-state index is 0.0579. The molecule has 1 saturated heterocycles. The van der Waals surface area contributed by atoms with Crippen LogP contribution < -0.4 is 15.0 Å². The molecule has 0 radical (unpaired) electrons. The number of nitrogens with one attached hydrogen (secondary N) is 1. The number of carbonyl (C=O) groups excluding carboxylic acids is 1. The van der Waals surface area contributed by atoms with E-state index in [1.807, 2.05) is 18.2 Å². The molecule has 6 heteroatoms. The van der Waals surface area contributed by atoms with Gasteiger partial charge in [-0.1, -0.05) is 29.8 Å². The van der Waals surface area contributed by atoms with Crippen molar-refractivity contribution in [3.63, 3.8) is 0 Å². The van der Waals surface area contributed by atoms with Crippen molar-refractivity contribution in [2.24, 2.45) is 0 Å². The minimum Gasteiger partial charge on any atom is -0.488 e. The summed E-state index contributed by atoms with van der Waals surface area (Å²) in [4.78, 5) is 17.5. The van der Waals surface area contributed by atoms with Crippen molar-refractivity contribution in [1.29, 1.82) is 0 Å². The van der Waals surface area contributed by atoms with E-state index in [9.17, 15) is 4.79 Å². The highest BCUT2D eigenvalue weighted by atomic mass is 35.5. The molecule has 2 aromatic rings. The van der Waals surface area contributed by atoms with Crippen LogP contribution in [0.3, 0.4) is 0 Å². The molecular formula is C25H30ClN3O2. The number of halogens is 1. The number of hydrogen-bond acceptors (Lipinski definition) is 4. The normalized spacial score (nSPS) is 16.3. The van der Waals surface area contributed by atoms with Crippen molar-refractivity contribution in [2.75, 3.05) is 50.8 Å². The third-order valence-electron chi connectivity index (χ3n) is 5.99. The van der Waals surface area contributed by atoms with Gasteiger partial charge in [-0.05, 0) is 62.2 Å². The molecule has 0 aromatic heterocycles. The van der Waals surface area contributed by atoms with Crippen molar-refractivity contribution >= 4 is 29.3 Å². The fourth-order valence-corrected chi connectivity index (χ4v) is 4.37. The molecule has 164 valence electrons. The number of rotatable bonds is 7. The van der Waals surface area contributed by atoms with Crippen LogP contribution in [0.1, 0.15) is 24.0 Å². The number of benzene rings is 2. The fraction of sp³-hybridized carbons (Fsp3) is 0.400. The molecule has 2 heterocycles. The number of fused-ring (bicyclic) bond motifs is 1. The predicted octanol–water partition coefficient (Wildman–Crippen LogP) is 4.14. The summed E-state index contributed by atoms with van der Waals surface area (Å²) in [7, 11) is 0. The van der Waals surface area contributed by atoms with Crippen LogP contribution in [-0.2, 0) is 4.79 Å². The molecule has 5 nitrogen and oxygen atoms in total. The zero-order valence-electron chi connectivity index (χ0n) is 18.1. The molecule has 2 aliphatic heterocycles. The van der Waals surface area contributed by atoms with E-state index in [2.05, 4.69) is 46.3 Å². The first-order valence-corrected chi connectivity index (χ1v) is 11.4. The van der Waals surface area contributed by atoms with Crippen LogP contribution in [0.25, 0.3) is 6.08 Å². The van der Waals surface area contributed by atoms with Crippen molar-refractivity contribution in [1.82, 2.24) is 10.2 Å². The summed E-state index contributed by atoms with van der Waals surface area (Å²) in [5.74, 6) is 0.709. The number of hydrogen-bond donors (Lipinski definition) is 1. The third kappa shape index (κ3) is 5.60. The SMILES string of the molecule is Cc1ccccc1N1CCN(CCCCNC(=O)C2=Cc3cc(Cl)ccc3OC2)CC1.